The number of benzene rings is 2. The molecule has 34 heavy (non-hydrogen) atoms. The topological polar surface area (TPSA) is 103 Å². The predicted octanol–water partition coefficient (Wildman–Crippen LogP) is 2.37. The Morgan fingerprint density at radius 1 is 1.21 bits per heavy atom. The van der Waals surface area contributed by atoms with Crippen LogP contribution in [0.3, 0.4) is 0 Å². The van der Waals surface area contributed by atoms with Gasteiger partial charge in [0.15, 0.2) is 19.0 Å². The Morgan fingerprint density at radius 2 is 2.03 bits per heavy atom. The molecule has 2 amide bonds. The molecule has 2 atom stereocenters. The maximum absolute atomic E-state index is 12.8. The summed E-state index contributed by atoms with van der Waals surface area (Å²) < 4.78 is 21.8. The molecule has 0 radical (unpaired) electrons. The number of ketones is 1. The SMILES string of the molecule is COc1cccc(OCC(=O)c2ccc3c(c2)N(C(C)C(=O)NCC2CCCO2)C(=O)CO3)c1. The molecule has 9 nitrogen and oxygen atoms in total. The van der Waals surface area contributed by atoms with Crippen molar-refractivity contribution in [2.75, 3.05) is 38.4 Å². The van der Waals surface area contributed by atoms with E-state index in [1.54, 1.807) is 56.5 Å². The number of carbonyl (C=O) groups is 3. The average molecular weight is 469 g/mol. The summed E-state index contributed by atoms with van der Waals surface area (Å²) in [5.41, 5.74) is 0.722. The summed E-state index contributed by atoms with van der Waals surface area (Å²) in [6.07, 6.45) is 1.87. The summed E-state index contributed by atoms with van der Waals surface area (Å²) in [6, 6.07) is 11.0. The Morgan fingerprint density at radius 3 is 2.79 bits per heavy atom. The second-order valence-corrected chi connectivity index (χ2v) is 8.18. The molecule has 1 fully saturated rings. The van der Waals surface area contributed by atoms with Crippen molar-refractivity contribution in [2.45, 2.75) is 31.9 Å². The molecule has 0 aromatic heterocycles. The molecule has 0 bridgehead atoms. The average Bonchev–Trinajstić information content (AvgIpc) is 3.39. The lowest BCUT2D eigenvalue weighted by molar-refractivity contribution is -0.127. The van der Waals surface area contributed by atoms with E-state index >= 15 is 0 Å². The minimum atomic E-state index is -0.782. The van der Waals surface area contributed by atoms with Gasteiger partial charge in [-0.25, -0.2) is 0 Å². The van der Waals surface area contributed by atoms with Crippen LogP contribution < -0.4 is 24.4 Å². The molecule has 0 saturated carbocycles. The van der Waals surface area contributed by atoms with E-state index in [-0.39, 0.29) is 36.9 Å². The highest BCUT2D eigenvalue weighted by molar-refractivity contribution is 6.05. The van der Waals surface area contributed by atoms with Crippen LogP contribution in [0, 0.1) is 0 Å². The summed E-state index contributed by atoms with van der Waals surface area (Å²) >= 11 is 0. The number of anilines is 1. The lowest BCUT2D eigenvalue weighted by Gasteiger charge is -2.33. The zero-order chi connectivity index (χ0) is 24.1. The lowest BCUT2D eigenvalue weighted by atomic mass is 10.1. The Labute approximate surface area is 197 Å². The number of amides is 2. The second-order valence-electron chi connectivity index (χ2n) is 8.18. The van der Waals surface area contributed by atoms with Crippen molar-refractivity contribution in [3.8, 4) is 17.2 Å². The molecule has 2 aromatic rings. The van der Waals surface area contributed by atoms with Crippen molar-refractivity contribution < 1.29 is 33.3 Å². The van der Waals surface area contributed by atoms with Gasteiger partial charge in [-0.3, -0.25) is 19.3 Å². The molecular weight excluding hydrogens is 440 g/mol. The molecule has 4 rings (SSSR count). The Kier molecular flexibility index (Phi) is 7.32. The molecule has 1 N–H and O–H groups in total. The Balaban J connectivity index is 1.46. The zero-order valence-corrected chi connectivity index (χ0v) is 19.2. The molecule has 0 aliphatic carbocycles. The van der Waals surface area contributed by atoms with Crippen LogP contribution >= 0.6 is 0 Å². The third-order valence-electron chi connectivity index (χ3n) is 5.87. The van der Waals surface area contributed by atoms with Gasteiger partial charge >= 0.3 is 0 Å². The van der Waals surface area contributed by atoms with Crippen molar-refractivity contribution in [2.24, 2.45) is 0 Å². The summed E-state index contributed by atoms with van der Waals surface area (Å²) in [4.78, 5) is 39.7. The van der Waals surface area contributed by atoms with E-state index in [4.69, 9.17) is 18.9 Å². The quantitative estimate of drug-likeness (QED) is 0.564. The lowest BCUT2D eigenvalue weighted by Crippen LogP contribution is -2.52. The fourth-order valence-corrected chi connectivity index (χ4v) is 3.98. The first kappa shape index (κ1) is 23.6. The number of fused-ring (bicyclic) bond motifs is 1. The standard InChI is InChI=1S/C25H28N2O7/c1-16(25(30)26-13-20-7-4-10-32-20)27-21-11-17(8-9-23(21)34-15-24(27)29)22(28)14-33-19-6-3-5-18(12-19)31-2/h3,5-6,8-9,11-12,16,20H,4,7,10,13-15H2,1-2H3,(H,26,30). The fourth-order valence-electron chi connectivity index (χ4n) is 3.98. The maximum Gasteiger partial charge on any atom is 0.265 e. The highest BCUT2D eigenvalue weighted by Crippen LogP contribution is 2.34. The van der Waals surface area contributed by atoms with Gasteiger partial charge in [0.2, 0.25) is 5.91 Å². The summed E-state index contributed by atoms with van der Waals surface area (Å²) in [5, 5.41) is 2.86. The van der Waals surface area contributed by atoms with Crippen molar-refractivity contribution in [1.82, 2.24) is 5.32 Å². The zero-order valence-electron chi connectivity index (χ0n) is 19.2. The first-order valence-electron chi connectivity index (χ1n) is 11.2. The van der Waals surface area contributed by atoms with Crippen molar-refractivity contribution in [3.63, 3.8) is 0 Å². The second kappa shape index (κ2) is 10.6. The largest absolute Gasteiger partial charge is 0.497 e. The number of carbonyl (C=O) groups excluding carboxylic acids is 3. The van der Waals surface area contributed by atoms with E-state index in [0.717, 1.165) is 12.8 Å². The van der Waals surface area contributed by atoms with Crippen LogP contribution in [0.25, 0.3) is 0 Å². The van der Waals surface area contributed by atoms with E-state index in [1.807, 2.05) is 0 Å². The maximum atomic E-state index is 12.8. The molecule has 9 heteroatoms. The van der Waals surface area contributed by atoms with Gasteiger partial charge < -0.3 is 24.3 Å². The molecule has 2 unspecified atom stereocenters. The van der Waals surface area contributed by atoms with Gasteiger partial charge in [0, 0.05) is 24.8 Å². The van der Waals surface area contributed by atoms with Gasteiger partial charge in [-0.15, -0.1) is 0 Å². The number of Topliss-reactive ketones (excluding diaryl/α,β-unsaturated/α-hetero) is 1. The van der Waals surface area contributed by atoms with E-state index in [9.17, 15) is 14.4 Å². The summed E-state index contributed by atoms with van der Waals surface area (Å²) in [5.74, 6) is 0.626. The van der Waals surface area contributed by atoms with Gasteiger partial charge in [-0.2, -0.15) is 0 Å². The summed E-state index contributed by atoms with van der Waals surface area (Å²) in [6.45, 7) is 2.37. The van der Waals surface area contributed by atoms with Crippen molar-refractivity contribution in [3.05, 3.63) is 48.0 Å². The normalized spacial score (nSPS) is 18.0. The highest BCUT2D eigenvalue weighted by Gasteiger charge is 2.34. The van der Waals surface area contributed by atoms with Crippen LogP contribution in [-0.4, -0.2) is 63.2 Å². The van der Waals surface area contributed by atoms with Gasteiger partial charge in [0.25, 0.3) is 5.91 Å². The van der Waals surface area contributed by atoms with Crippen molar-refractivity contribution >= 4 is 23.3 Å². The van der Waals surface area contributed by atoms with Crippen LogP contribution in [0.1, 0.15) is 30.1 Å². The molecular formula is C25H28N2O7. The predicted molar refractivity (Wildman–Crippen MR) is 124 cm³/mol. The number of nitrogens with zero attached hydrogens (tertiary/aromatic N) is 1. The van der Waals surface area contributed by atoms with E-state index in [2.05, 4.69) is 5.32 Å². The minimum Gasteiger partial charge on any atom is -0.497 e. The van der Waals surface area contributed by atoms with Crippen LogP contribution in [0.2, 0.25) is 0 Å². The van der Waals surface area contributed by atoms with Crippen LogP contribution in [0.5, 0.6) is 17.2 Å². The Bertz CT molecular complexity index is 1060. The van der Waals surface area contributed by atoms with E-state index in [1.165, 1.54) is 4.90 Å². The number of nitrogens with one attached hydrogen (secondary N) is 1. The number of hydrogen-bond acceptors (Lipinski definition) is 7. The molecule has 180 valence electrons. The first-order valence-corrected chi connectivity index (χ1v) is 11.2. The van der Waals surface area contributed by atoms with Crippen molar-refractivity contribution in [1.29, 1.82) is 0 Å². The monoisotopic (exact) mass is 468 g/mol. The fraction of sp³-hybridized carbons (Fsp3) is 0.400. The van der Waals surface area contributed by atoms with E-state index < -0.39 is 6.04 Å². The van der Waals surface area contributed by atoms with Crippen LogP contribution in [-0.2, 0) is 14.3 Å². The smallest absolute Gasteiger partial charge is 0.265 e. The van der Waals surface area contributed by atoms with Gasteiger partial charge in [-0.05, 0) is 50.1 Å². The van der Waals surface area contributed by atoms with Crippen LogP contribution in [0.4, 0.5) is 5.69 Å². The first-order chi connectivity index (χ1) is 16.5. The molecule has 1 saturated heterocycles. The molecule has 2 aliphatic rings. The summed E-state index contributed by atoms with van der Waals surface area (Å²) in [7, 11) is 1.55. The molecule has 2 aliphatic heterocycles. The third-order valence-corrected chi connectivity index (χ3v) is 5.87. The molecule has 2 heterocycles. The highest BCUT2D eigenvalue weighted by atomic mass is 16.5. The number of ether oxygens (including phenoxy) is 4. The minimum absolute atomic E-state index is 0.00219. The number of rotatable bonds is 9. The number of methoxy groups -OCH3 is 1. The number of hydrogen-bond donors (Lipinski definition) is 1. The van der Waals surface area contributed by atoms with Gasteiger partial charge in [0.1, 0.15) is 23.3 Å². The third kappa shape index (κ3) is 5.31. The van der Waals surface area contributed by atoms with Gasteiger partial charge in [0.05, 0.1) is 18.9 Å². The van der Waals surface area contributed by atoms with Gasteiger partial charge in [-0.1, -0.05) is 6.07 Å². The molecule has 2 aromatic carbocycles. The van der Waals surface area contributed by atoms with Crippen LogP contribution in [0.15, 0.2) is 42.5 Å². The Hall–Kier alpha value is -3.59. The molecule has 0 spiro atoms. The van der Waals surface area contributed by atoms with E-state index in [0.29, 0.717) is 41.7 Å².